The van der Waals surface area contributed by atoms with Crippen LogP contribution in [0.3, 0.4) is 0 Å². The van der Waals surface area contributed by atoms with E-state index >= 15 is 0 Å². The molecule has 0 spiro atoms. The first-order chi connectivity index (χ1) is 8.08. The van der Waals surface area contributed by atoms with Crippen molar-refractivity contribution in [3.05, 3.63) is 24.3 Å². The maximum absolute atomic E-state index is 11.2. The van der Waals surface area contributed by atoms with Gasteiger partial charge in [0, 0.05) is 25.7 Å². The van der Waals surface area contributed by atoms with Crippen LogP contribution >= 0.6 is 11.6 Å². The molecule has 1 N–H and O–H groups in total. The highest BCUT2D eigenvalue weighted by molar-refractivity contribution is 6.22. The van der Waals surface area contributed by atoms with Gasteiger partial charge in [0.25, 0.3) is 0 Å². The largest absolute Gasteiger partial charge is 0.508 e. The Hall–Kier alpha value is -1.42. The fourth-order valence-electron chi connectivity index (χ4n) is 1.96. The maximum atomic E-state index is 11.2. The van der Waals surface area contributed by atoms with Crippen molar-refractivity contribution >= 4 is 23.2 Å². The first-order valence-electron chi connectivity index (χ1n) is 5.53. The molecule has 92 valence electrons. The van der Waals surface area contributed by atoms with Gasteiger partial charge in [-0.1, -0.05) is 11.6 Å². The molecule has 1 atom stereocenters. The van der Waals surface area contributed by atoms with Gasteiger partial charge in [-0.15, -0.1) is 0 Å². The molecule has 1 unspecified atom stereocenters. The summed E-state index contributed by atoms with van der Waals surface area (Å²) in [7, 11) is 0. The Bertz CT molecular complexity index is 407. The van der Waals surface area contributed by atoms with Gasteiger partial charge in [-0.3, -0.25) is 4.79 Å². The van der Waals surface area contributed by atoms with Crippen LogP contribution in [0.5, 0.6) is 5.75 Å². The van der Waals surface area contributed by atoms with Crippen molar-refractivity contribution in [1.82, 2.24) is 4.90 Å². The summed E-state index contributed by atoms with van der Waals surface area (Å²) in [6.07, 6.45) is 0. The molecule has 1 aliphatic heterocycles. The third-order valence-corrected chi connectivity index (χ3v) is 3.32. The molecule has 0 aliphatic carbocycles. The third-order valence-electron chi connectivity index (χ3n) is 2.95. The predicted molar refractivity (Wildman–Crippen MR) is 67.3 cm³/mol. The lowest BCUT2D eigenvalue weighted by molar-refractivity contribution is -0.129. The van der Waals surface area contributed by atoms with Crippen LogP contribution in [0.4, 0.5) is 5.69 Å². The number of anilines is 1. The molecule has 1 amide bonds. The Labute approximate surface area is 105 Å². The second-order valence-electron chi connectivity index (χ2n) is 4.11. The summed E-state index contributed by atoms with van der Waals surface area (Å²) in [5.74, 6) is 0.295. The molecule has 1 aromatic carbocycles. The quantitative estimate of drug-likeness (QED) is 0.612. The normalized spacial score (nSPS) is 20.5. The molecule has 0 saturated carbocycles. The number of rotatable bonds is 1. The van der Waals surface area contributed by atoms with Gasteiger partial charge in [0.1, 0.15) is 11.3 Å². The minimum absolute atomic E-state index is 0.0565. The number of hydrogen-bond acceptors (Lipinski definition) is 3. The molecule has 4 nitrogen and oxygen atoms in total. The van der Waals surface area contributed by atoms with Gasteiger partial charge in [0.15, 0.2) is 0 Å². The number of aromatic hydroxyl groups is 1. The van der Waals surface area contributed by atoms with Crippen molar-refractivity contribution in [3.63, 3.8) is 0 Å². The number of amides is 1. The molecule has 0 radical (unpaired) electrons. The van der Waals surface area contributed by atoms with E-state index in [1.54, 1.807) is 24.0 Å². The van der Waals surface area contributed by atoms with Crippen LogP contribution in [-0.4, -0.2) is 41.0 Å². The van der Waals surface area contributed by atoms with Crippen LogP contribution in [0, 0.1) is 0 Å². The summed E-state index contributed by atoms with van der Waals surface area (Å²) in [5, 5.41) is 9.23. The van der Waals surface area contributed by atoms with Crippen molar-refractivity contribution in [2.45, 2.75) is 12.4 Å². The zero-order chi connectivity index (χ0) is 12.4. The summed E-state index contributed by atoms with van der Waals surface area (Å²) in [4.78, 5) is 15.0. The molecule has 0 aromatic heterocycles. The number of benzene rings is 1. The summed E-state index contributed by atoms with van der Waals surface area (Å²) < 4.78 is 0. The molecule has 1 aromatic rings. The van der Waals surface area contributed by atoms with Gasteiger partial charge in [-0.2, -0.15) is 0 Å². The van der Waals surface area contributed by atoms with Crippen molar-refractivity contribution in [1.29, 1.82) is 0 Å². The van der Waals surface area contributed by atoms with E-state index in [4.69, 9.17) is 11.6 Å². The number of halogens is 1. The highest BCUT2D eigenvalue weighted by atomic mass is 35.5. The lowest BCUT2D eigenvalue weighted by Crippen LogP contribution is -2.52. The highest BCUT2D eigenvalue weighted by Gasteiger charge is 2.26. The number of nitrogens with zero attached hydrogens (tertiary/aromatic N) is 2. The number of phenols is 1. The van der Waals surface area contributed by atoms with E-state index in [2.05, 4.69) is 0 Å². The summed E-state index contributed by atoms with van der Waals surface area (Å²) in [5.41, 5.74) is 0.739. The average molecular weight is 255 g/mol. The predicted octanol–water partition coefficient (Wildman–Crippen LogP) is 1.63. The number of phenolic OH excluding ortho intramolecular Hbond substituents is 1. The van der Waals surface area contributed by atoms with Crippen molar-refractivity contribution in [2.75, 3.05) is 24.5 Å². The standard InChI is InChI=1S/C12H15ClN2O2/c1-9(16)14-6-7-15(12(13)8-14)10-2-4-11(17)5-3-10/h2-5,12,17H,6-8H2,1H3. The molecular weight excluding hydrogens is 240 g/mol. The fraction of sp³-hybridized carbons (Fsp3) is 0.417. The van der Waals surface area contributed by atoms with Crippen molar-refractivity contribution < 1.29 is 9.90 Å². The molecule has 5 heteroatoms. The van der Waals surface area contributed by atoms with E-state index in [1.807, 2.05) is 17.0 Å². The van der Waals surface area contributed by atoms with Gasteiger partial charge in [-0.05, 0) is 24.3 Å². The SMILES string of the molecule is CC(=O)N1CCN(c2ccc(O)cc2)C(Cl)C1. The van der Waals surface area contributed by atoms with E-state index in [9.17, 15) is 9.90 Å². The topological polar surface area (TPSA) is 43.8 Å². The first-order valence-corrected chi connectivity index (χ1v) is 5.97. The molecule has 1 aliphatic rings. The Kier molecular flexibility index (Phi) is 3.43. The van der Waals surface area contributed by atoms with Crippen LogP contribution in [0.2, 0.25) is 0 Å². The highest BCUT2D eigenvalue weighted by Crippen LogP contribution is 2.24. The average Bonchev–Trinajstić information content (AvgIpc) is 2.30. The van der Waals surface area contributed by atoms with Gasteiger partial charge in [-0.25, -0.2) is 0 Å². The van der Waals surface area contributed by atoms with Gasteiger partial charge >= 0.3 is 0 Å². The van der Waals surface area contributed by atoms with E-state index in [0.29, 0.717) is 19.6 Å². The molecule has 1 heterocycles. The number of piperazine rings is 1. The number of alkyl halides is 1. The lowest BCUT2D eigenvalue weighted by atomic mass is 10.2. The second kappa shape index (κ2) is 4.84. The van der Waals surface area contributed by atoms with E-state index < -0.39 is 0 Å². The maximum Gasteiger partial charge on any atom is 0.219 e. The van der Waals surface area contributed by atoms with E-state index in [-0.39, 0.29) is 17.2 Å². The number of carbonyl (C=O) groups excluding carboxylic acids is 1. The monoisotopic (exact) mass is 254 g/mol. The molecule has 1 saturated heterocycles. The van der Waals surface area contributed by atoms with Crippen molar-refractivity contribution in [2.24, 2.45) is 0 Å². The Balaban J connectivity index is 2.09. The summed E-state index contributed by atoms with van der Waals surface area (Å²) >= 11 is 6.27. The minimum Gasteiger partial charge on any atom is -0.508 e. The molecule has 0 bridgehead atoms. The van der Waals surface area contributed by atoms with Gasteiger partial charge in [0.05, 0.1) is 6.54 Å². The van der Waals surface area contributed by atoms with Crippen LogP contribution in [0.1, 0.15) is 6.92 Å². The van der Waals surface area contributed by atoms with Crippen LogP contribution in [0.25, 0.3) is 0 Å². The summed E-state index contributed by atoms with van der Waals surface area (Å²) in [6, 6.07) is 6.93. The smallest absolute Gasteiger partial charge is 0.219 e. The van der Waals surface area contributed by atoms with Crippen LogP contribution in [0.15, 0.2) is 24.3 Å². The Morgan fingerprint density at radius 3 is 2.53 bits per heavy atom. The number of carbonyl (C=O) groups is 1. The lowest BCUT2D eigenvalue weighted by Gasteiger charge is -2.39. The summed E-state index contributed by atoms with van der Waals surface area (Å²) in [6.45, 7) is 3.47. The van der Waals surface area contributed by atoms with Crippen molar-refractivity contribution in [3.8, 4) is 5.75 Å². The molecule has 17 heavy (non-hydrogen) atoms. The molecule has 2 rings (SSSR count). The molecule has 1 fully saturated rings. The second-order valence-corrected chi connectivity index (χ2v) is 4.61. The van der Waals surface area contributed by atoms with Crippen LogP contribution < -0.4 is 4.90 Å². The fourth-order valence-corrected chi connectivity index (χ4v) is 2.34. The Morgan fingerprint density at radius 2 is 2.00 bits per heavy atom. The third kappa shape index (κ3) is 2.64. The zero-order valence-corrected chi connectivity index (χ0v) is 10.4. The van der Waals surface area contributed by atoms with Crippen LogP contribution in [-0.2, 0) is 4.79 Å². The first kappa shape index (κ1) is 12.0. The molecular formula is C12H15ClN2O2. The van der Waals surface area contributed by atoms with Gasteiger partial charge < -0.3 is 14.9 Å². The van der Waals surface area contributed by atoms with E-state index in [1.165, 1.54) is 0 Å². The minimum atomic E-state index is -0.225. The Morgan fingerprint density at radius 1 is 1.35 bits per heavy atom. The zero-order valence-electron chi connectivity index (χ0n) is 9.64. The number of hydrogen-bond donors (Lipinski definition) is 1. The van der Waals surface area contributed by atoms with E-state index in [0.717, 1.165) is 5.69 Å². The van der Waals surface area contributed by atoms with Gasteiger partial charge in [0.2, 0.25) is 5.91 Å².